The van der Waals surface area contributed by atoms with Crippen LogP contribution in [0.5, 0.6) is 0 Å². The molecule has 0 saturated carbocycles. The van der Waals surface area contributed by atoms with Crippen LogP contribution in [0.1, 0.15) is 5.56 Å². The number of alkyl halides is 6. The normalized spacial score (nSPS) is 17.5. The maximum Gasteiger partial charge on any atom is 0.371 e. The summed E-state index contributed by atoms with van der Waals surface area (Å²) in [7, 11) is 0. The first-order chi connectivity index (χ1) is 9.98. The Kier molecular flexibility index (Phi) is 4.84. The van der Waals surface area contributed by atoms with Crippen LogP contribution in [0.15, 0.2) is 29.4 Å². The molecule has 2 rings (SSSR count). The molecule has 12 heteroatoms. The zero-order chi connectivity index (χ0) is 16.8. The predicted octanol–water partition coefficient (Wildman–Crippen LogP) is 4.74. The van der Waals surface area contributed by atoms with Gasteiger partial charge in [-0.25, -0.2) is 0 Å². The van der Waals surface area contributed by atoms with Gasteiger partial charge >= 0.3 is 5.79 Å². The summed E-state index contributed by atoms with van der Waals surface area (Å²) in [6, 6.07) is 5.16. The van der Waals surface area contributed by atoms with E-state index in [1.165, 1.54) is 24.3 Å². The smallest absolute Gasteiger partial charge is 0.371 e. The molecule has 0 radical (unpaired) electrons. The maximum atomic E-state index is 10.6. The van der Waals surface area contributed by atoms with Gasteiger partial charge in [0.05, 0.1) is 4.92 Å². The number of hydrogen-bond acceptors (Lipinski definition) is 5. The predicted molar refractivity (Wildman–Crippen MR) is 85.1 cm³/mol. The van der Waals surface area contributed by atoms with Crippen molar-refractivity contribution in [3.05, 3.63) is 39.9 Å². The molecule has 22 heavy (non-hydrogen) atoms. The van der Waals surface area contributed by atoms with E-state index in [9.17, 15) is 10.1 Å². The van der Waals surface area contributed by atoms with Crippen molar-refractivity contribution >= 4 is 81.2 Å². The molecule has 0 aliphatic carbocycles. The Labute approximate surface area is 153 Å². The highest BCUT2D eigenvalue weighted by Gasteiger charge is 2.70. The molecule has 1 aliphatic rings. The third-order valence-electron chi connectivity index (χ3n) is 2.57. The van der Waals surface area contributed by atoms with Gasteiger partial charge in [-0.1, -0.05) is 69.6 Å². The average molecular weight is 429 g/mol. The van der Waals surface area contributed by atoms with E-state index in [0.29, 0.717) is 5.56 Å². The molecule has 120 valence electrons. The van der Waals surface area contributed by atoms with Gasteiger partial charge in [0.1, 0.15) is 0 Å². The Bertz CT molecular complexity index is 608. The summed E-state index contributed by atoms with van der Waals surface area (Å²) in [4.78, 5) is 15.0. The van der Waals surface area contributed by atoms with Crippen LogP contribution in [0.25, 0.3) is 0 Å². The van der Waals surface area contributed by atoms with Crippen molar-refractivity contribution in [1.29, 1.82) is 0 Å². The molecule has 0 atom stereocenters. The number of nitrogens with zero attached hydrogens (tertiary/aromatic N) is 2. The van der Waals surface area contributed by atoms with Crippen LogP contribution in [0.3, 0.4) is 0 Å². The number of hydrogen-bond donors (Lipinski definition) is 0. The highest BCUT2D eigenvalue weighted by molar-refractivity contribution is 6.73. The van der Waals surface area contributed by atoms with Crippen molar-refractivity contribution in [2.45, 2.75) is 13.4 Å². The Morgan fingerprint density at radius 1 is 1.05 bits per heavy atom. The van der Waals surface area contributed by atoms with Crippen molar-refractivity contribution in [2.24, 2.45) is 5.16 Å². The lowest BCUT2D eigenvalue weighted by Crippen LogP contribution is -2.55. The number of rotatable bonds is 2. The lowest BCUT2D eigenvalue weighted by atomic mass is 10.2. The second-order valence-electron chi connectivity index (χ2n) is 4.01. The summed E-state index contributed by atoms with van der Waals surface area (Å²) < 4.78 is 0.756. The number of non-ortho nitro benzene ring substituents is 1. The Hall–Kier alpha value is -0.370. The SMILES string of the molecule is O=[N+]([O-])c1ccc(C2=NOC(C(Cl)(Cl)Cl)(C(Cl)(Cl)Cl)O2)cc1. The summed E-state index contributed by atoms with van der Waals surface area (Å²) in [5.41, 5.74) is 0.174. The van der Waals surface area contributed by atoms with Gasteiger partial charge in [0.2, 0.25) is 0 Å². The van der Waals surface area contributed by atoms with E-state index in [-0.39, 0.29) is 11.6 Å². The van der Waals surface area contributed by atoms with Gasteiger partial charge in [-0.3, -0.25) is 10.1 Å². The molecule has 0 aromatic heterocycles. The van der Waals surface area contributed by atoms with Gasteiger partial charge in [0, 0.05) is 17.7 Å². The molecule has 6 nitrogen and oxygen atoms in total. The topological polar surface area (TPSA) is 74.0 Å². The van der Waals surface area contributed by atoms with Crippen LogP contribution < -0.4 is 0 Å². The fourth-order valence-electron chi connectivity index (χ4n) is 1.50. The summed E-state index contributed by atoms with van der Waals surface area (Å²) in [6.07, 6.45) is 0. The van der Waals surface area contributed by atoms with E-state index in [1.807, 2.05) is 0 Å². The first kappa shape index (κ1) is 18.0. The van der Waals surface area contributed by atoms with Crippen molar-refractivity contribution < 1.29 is 14.5 Å². The summed E-state index contributed by atoms with van der Waals surface area (Å²) in [5, 5.41) is 14.2. The summed E-state index contributed by atoms with van der Waals surface area (Å²) >= 11 is 34.6. The van der Waals surface area contributed by atoms with E-state index in [0.717, 1.165) is 0 Å². The summed E-state index contributed by atoms with van der Waals surface area (Å²) in [6.45, 7) is 0. The average Bonchev–Trinajstić information content (AvgIpc) is 2.84. The standard InChI is InChI=1S/C10H4Cl6N2O4/c11-9(12,13)8(10(14,15)16)21-7(17-22-8)5-1-3-6(4-2-5)18(19)20/h1-4H. The van der Waals surface area contributed by atoms with Crippen LogP contribution in [0, 0.1) is 10.1 Å². The minimum Gasteiger partial charge on any atom is -0.422 e. The van der Waals surface area contributed by atoms with E-state index >= 15 is 0 Å². The number of oxime groups is 1. The molecule has 0 bridgehead atoms. The zero-order valence-corrected chi connectivity index (χ0v) is 14.6. The molecular formula is C10H4Cl6N2O4. The van der Waals surface area contributed by atoms with E-state index in [2.05, 4.69) is 5.16 Å². The van der Waals surface area contributed by atoms with E-state index in [1.54, 1.807) is 0 Å². The Morgan fingerprint density at radius 2 is 1.55 bits per heavy atom. The number of nitro groups is 1. The fourth-order valence-corrected chi connectivity index (χ4v) is 3.22. The molecule has 1 aromatic rings. The second-order valence-corrected chi connectivity index (χ2v) is 8.57. The highest BCUT2D eigenvalue weighted by atomic mass is 35.6. The lowest BCUT2D eigenvalue weighted by Gasteiger charge is -2.36. The van der Waals surface area contributed by atoms with E-state index < -0.39 is 18.3 Å². The molecule has 0 saturated heterocycles. The molecule has 0 spiro atoms. The van der Waals surface area contributed by atoms with Crippen LogP contribution in [0.2, 0.25) is 0 Å². The third kappa shape index (κ3) is 3.13. The molecule has 0 N–H and O–H groups in total. The minimum absolute atomic E-state index is 0.128. The number of benzene rings is 1. The monoisotopic (exact) mass is 426 g/mol. The molecule has 1 heterocycles. The number of ether oxygens (including phenoxy) is 1. The zero-order valence-electron chi connectivity index (χ0n) is 10.1. The first-order valence-electron chi connectivity index (χ1n) is 5.31. The molecule has 1 aromatic carbocycles. The molecule has 1 aliphatic heterocycles. The maximum absolute atomic E-state index is 10.6. The molecule has 0 unspecified atom stereocenters. The van der Waals surface area contributed by atoms with Crippen LogP contribution >= 0.6 is 69.6 Å². The Morgan fingerprint density at radius 3 is 1.91 bits per heavy atom. The van der Waals surface area contributed by atoms with Gasteiger partial charge in [-0.05, 0) is 17.3 Å². The number of halogens is 6. The van der Waals surface area contributed by atoms with Crippen LogP contribution in [-0.4, -0.2) is 24.2 Å². The van der Waals surface area contributed by atoms with Crippen molar-refractivity contribution in [1.82, 2.24) is 0 Å². The van der Waals surface area contributed by atoms with Crippen LogP contribution in [0.4, 0.5) is 5.69 Å². The van der Waals surface area contributed by atoms with Crippen LogP contribution in [-0.2, 0) is 9.57 Å². The van der Waals surface area contributed by atoms with E-state index in [4.69, 9.17) is 79.2 Å². The van der Waals surface area contributed by atoms with Crippen molar-refractivity contribution in [2.75, 3.05) is 0 Å². The summed E-state index contributed by atoms with van der Waals surface area (Å²) in [5.74, 6) is -2.47. The van der Waals surface area contributed by atoms with Gasteiger partial charge in [0.15, 0.2) is 0 Å². The molecular weight excluding hydrogens is 425 g/mol. The second kappa shape index (κ2) is 5.92. The lowest BCUT2D eigenvalue weighted by molar-refractivity contribution is -0.384. The Balaban J connectivity index is 2.32. The van der Waals surface area contributed by atoms with Gasteiger partial charge < -0.3 is 9.57 Å². The van der Waals surface area contributed by atoms with Crippen molar-refractivity contribution in [3.63, 3.8) is 0 Å². The largest absolute Gasteiger partial charge is 0.422 e. The minimum atomic E-state index is -2.31. The molecule has 0 amide bonds. The fraction of sp³-hybridized carbons (Fsp3) is 0.300. The third-order valence-corrected chi connectivity index (χ3v) is 4.06. The van der Waals surface area contributed by atoms with Crippen molar-refractivity contribution in [3.8, 4) is 0 Å². The van der Waals surface area contributed by atoms with Gasteiger partial charge in [-0.2, -0.15) is 0 Å². The first-order valence-corrected chi connectivity index (χ1v) is 7.58. The van der Waals surface area contributed by atoms with Gasteiger partial charge in [0.25, 0.3) is 19.2 Å². The van der Waals surface area contributed by atoms with Gasteiger partial charge in [-0.15, -0.1) is 0 Å². The highest BCUT2D eigenvalue weighted by Crippen LogP contribution is 2.56. The molecule has 0 fully saturated rings. The quantitative estimate of drug-likeness (QED) is 0.387. The number of nitro benzene ring substituents is 1.